The van der Waals surface area contributed by atoms with Crippen LogP contribution in [0.4, 0.5) is 4.79 Å². The number of fused-ring (bicyclic) bond motifs is 1. The zero-order chi connectivity index (χ0) is 10.4. The summed E-state index contributed by atoms with van der Waals surface area (Å²) in [5, 5.41) is 5.80. The normalized spacial score (nSPS) is 43.0. The topological polar surface area (TPSA) is 76.4 Å². The molecule has 0 spiro atoms. The first-order chi connectivity index (χ1) is 7.25. The highest BCUT2D eigenvalue weighted by molar-refractivity contribution is 5.75. The van der Waals surface area contributed by atoms with E-state index in [0.717, 1.165) is 25.9 Å². The Morgan fingerprint density at radius 2 is 2.07 bits per heavy atom. The molecule has 2 amide bonds. The minimum absolute atomic E-state index is 0.0104. The number of urea groups is 1. The first-order valence-electron chi connectivity index (χ1n) is 5.70. The molecule has 0 aromatic heterocycles. The number of hydrogen-bond donors (Lipinski definition) is 3. The van der Waals surface area contributed by atoms with Crippen LogP contribution in [-0.4, -0.2) is 36.9 Å². The van der Waals surface area contributed by atoms with Crippen LogP contribution in [0.1, 0.15) is 19.3 Å². The molecule has 4 unspecified atom stereocenters. The van der Waals surface area contributed by atoms with Crippen molar-refractivity contribution in [3.05, 3.63) is 0 Å². The number of carbonyl (C=O) groups excluding carboxylic acids is 1. The van der Waals surface area contributed by atoms with Crippen molar-refractivity contribution in [2.75, 3.05) is 6.61 Å². The molecule has 0 aromatic rings. The minimum atomic E-state index is -0.0908. The van der Waals surface area contributed by atoms with Gasteiger partial charge in [0.15, 0.2) is 0 Å². The van der Waals surface area contributed by atoms with Crippen molar-refractivity contribution in [1.82, 2.24) is 10.6 Å². The van der Waals surface area contributed by atoms with Gasteiger partial charge in [0.2, 0.25) is 0 Å². The maximum absolute atomic E-state index is 11.5. The number of rotatable bonds is 2. The summed E-state index contributed by atoms with van der Waals surface area (Å²) in [5.41, 5.74) is 5.98. The Bertz CT molecular complexity index is 280. The minimum Gasteiger partial charge on any atom is -0.376 e. The molecule has 3 rings (SSSR count). The average Bonchev–Trinajstić information content (AvgIpc) is 2.91. The van der Waals surface area contributed by atoms with Crippen LogP contribution >= 0.6 is 0 Å². The fourth-order valence-corrected chi connectivity index (χ4v) is 2.53. The summed E-state index contributed by atoms with van der Waals surface area (Å²) in [7, 11) is 0. The maximum atomic E-state index is 11.5. The Morgan fingerprint density at radius 1 is 1.27 bits per heavy atom. The van der Waals surface area contributed by atoms with Crippen LogP contribution in [0.2, 0.25) is 0 Å². The van der Waals surface area contributed by atoms with Gasteiger partial charge in [-0.05, 0) is 19.3 Å². The van der Waals surface area contributed by atoms with Crippen LogP contribution in [0.5, 0.6) is 0 Å². The third-order valence-corrected chi connectivity index (χ3v) is 3.66. The molecule has 84 valence electrons. The van der Waals surface area contributed by atoms with E-state index in [1.54, 1.807) is 0 Å². The van der Waals surface area contributed by atoms with Crippen molar-refractivity contribution in [3.8, 4) is 0 Å². The van der Waals surface area contributed by atoms with Crippen molar-refractivity contribution >= 4 is 6.03 Å². The molecule has 2 saturated carbocycles. The van der Waals surface area contributed by atoms with Crippen LogP contribution in [-0.2, 0) is 4.74 Å². The van der Waals surface area contributed by atoms with E-state index in [2.05, 4.69) is 10.6 Å². The highest BCUT2D eigenvalue weighted by Crippen LogP contribution is 2.37. The molecule has 0 bridgehead atoms. The fraction of sp³-hybridized carbons (Fsp3) is 0.900. The van der Waals surface area contributed by atoms with E-state index >= 15 is 0 Å². The lowest BCUT2D eigenvalue weighted by molar-refractivity contribution is -0.0135. The molecule has 1 aliphatic heterocycles. The van der Waals surface area contributed by atoms with Crippen molar-refractivity contribution in [2.45, 2.75) is 43.5 Å². The number of carbonyl (C=O) groups is 1. The fourth-order valence-electron chi connectivity index (χ4n) is 2.53. The van der Waals surface area contributed by atoms with Crippen LogP contribution in [0.25, 0.3) is 0 Å². The molecule has 0 aromatic carbocycles. The number of hydrogen-bond acceptors (Lipinski definition) is 3. The molecule has 4 N–H and O–H groups in total. The second-order valence-corrected chi connectivity index (χ2v) is 4.78. The lowest BCUT2D eigenvalue weighted by atomic mass is 9.72. The summed E-state index contributed by atoms with van der Waals surface area (Å²) >= 11 is 0. The smallest absolute Gasteiger partial charge is 0.315 e. The summed E-state index contributed by atoms with van der Waals surface area (Å²) < 4.78 is 5.53. The number of nitrogens with two attached hydrogens (primary N) is 1. The molecule has 1 saturated heterocycles. The summed E-state index contributed by atoms with van der Waals surface area (Å²) in [4.78, 5) is 11.5. The monoisotopic (exact) mass is 211 g/mol. The van der Waals surface area contributed by atoms with E-state index in [1.165, 1.54) is 0 Å². The van der Waals surface area contributed by atoms with Gasteiger partial charge in [0.1, 0.15) is 0 Å². The molecule has 5 heteroatoms. The van der Waals surface area contributed by atoms with Crippen LogP contribution < -0.4 is 16.4 Å². The van der Waals surface area contributed by atoms with Gasteiger partial charge in [0.05, 0.1) is 12.1 Å². The molecule has 4 atom stereocenters. The second-order valence-electron chi connectivity index (χ2n) is 4.78. The predicted octanol–water partition coefficient (Wildman–Crippen LogP) is -0.437. The molecular formula is C10H17N3O2. The average molecular weight is 211 g/mol. The van der Waals surface area contributed by atoms with E-state index in [1.807, 2.05) is 0 Å². The van der Waals surface area contributed by atoms with Gasteiger partial charge in [0.25, 0.3) is 0 Å². The van der Waals surface area contributed by atoms with Gasteiger partial charge in [-0.1, -0.05) is 0 Å². The zero-order valence-electron chi connectivity index (χ0n) is 8.61. The maximum Gasteiger partial charge on any atom is 0.315 e. The highest BCUT2D eigenvalue weighted by atomic mass is 16.5. The van der Waals surface area contributed by atoms with Crippen molar-refractivity contribution in [3.63, 3.8) is 0 Å². The Morgan fingerprint density at radius 3 is 2.80 bits per heavy atom. The Kier molecular flexibility index (Phi) is 2.10. The van der Waals surface area contributed by atoms with Gasteiger partial charge >= 0.3 is 6.03 Å². The lowest BCUT2D eigenvalue weighted by Gasteiger charge is -2.45. The zero-order valence-corrected chi connectivity index (χ0v) is 8.61. The number of nitrogens with one attached hydrogen (secondary N) is 2. The summed E-state index contributed by atoms with van der Waals surface area (Å²) in [6.07, 6.45) is 3.40. The van der Waals surface area contributed by atoms with Gasteiger partial charge in [-0.2, -0.15) is 0 Å². The van der Waals surface area contributed by atoms with Crippen molar-refractivity contribution < 1.29 is 9.53 Å². The van der Waals surface area contributed by atoms with Crippen LogP contribution in [0.15, 0.2) is 0 Å². The Hall–Kier alpha value is -0.810. The van der Waals surface area contributed by atoms with E-state index < -0.39 is 0 Å². The summed E-state index contributed by atoms with van der Waals surface area (Å²) in [6.45, 7) is 0.783. The van der Waals surface area contributed by atoms with Gasteiger partial charge in [-0.15, -0.1) is 0 Å². The molecule has 3 fully saturated rings. The van der Waals surface area contributed by atoms with Gasteiger partial charge in [0, 0.05) is 24.6 Å². The largest absolute Gasteiger partial charge is 0.376 e. The molecule has 5 nitrogen and oxygen atoms in total. The Labute approximate surface area is 88.7 Å². The molecule has 15 heavy (non-hydrogen) atoms. The third kappa shape index (κ3) is 1.59. The van der Waals surface area contributed by atoms with Crippen LogP contribution in [0.3, 0.4) is 0 Å². The van der Waals surface area contributed by atoms with Crippen molar-refractivity contribution in [2.24, 2.45) is 11.7 Å². The highest BCUT2D eigenvalue weighted by Gasteiger charge is 2.52. The SMILES string of the molecule is NC1C2CCOC2C1NC(=O)NC1CC1. The standard InChI is InChI=1S/C10H17N3O2/c11-7-6-3-4-15-9(6)8(7)13-10(14)12-5-1-2-5/h5-9H,1-4,11H2,(H2,12,13,14). The first kappa shape index (κ1) is 9.42. The van der Waals surface area contributed by atoms with Gasteiger partial charge in [-0.3, -0.25) is 0 Å². The van der Waals surface area contributed by atoms with E-state index in [-0.39, 0.29) is 24.2 Å². The molecular weight excluding hydrogens is 194 g/mol. The van der Waals surface area contributed by atoms with E-state index in [0.29, 0.717) is 12.0 Å². The molecule has 1 heterocycles. The summed E-state index contributed by atoms with van der Waals surface area (Å²) in [5.74, 6) is 0.455. The van der Waals surface area contributed by atoms with Crippen molar-refractivity contribution in [1.29, 1.82) is 0 Å². The second kappa shape index (κ2) is 3.35. The first-order valence-corrected chi connectivity index (χ1v) is 5.70. The van der Waals surface area contributed by atoms with E-state index in [4.69, 9.17) is 10.5 Å². The molecule has 3 aliphatic rings. The van der Waals surface area contributed by atoms with Gasteiger partial charge in [-0.25, -0.2) is 4.79 Å². The lowest BCUT2D eigenvalue weighted by Crippen LogP contribution is -2.69. The molecule has 0 radical (unpaired) electrons. The van der Waals surface area contributed by atoms with Crippen LogP contribution in [0, 0.1) is 5.92 Å². The number of amides is 2. The third-order valence-electron chi connectivity index (χ3n) is 3.66. The summed E-state index contributed by atoms with van der Waals surface area (Å²) in [6, 6.07) is 0.382. The Balaban J connectivity index is 1.52. The predicted molar refractivity (Wildman–Crippen MR) is 54.3 cm³/mol. The van der Waals surface area contributed by atoms with Gasteiger partial charge < -0.3 is 21.1 Å². The molecule has 2 aliphatic carbocycles. The number of ether oxygens (including phenoxy) is 1. The quantitative estimate of drug-likeness (QED) is 0.579. The van der Waals surface area contributed by atoms with E-state index in [9.17, 15) is 4.79 Å².